The molecule has 1 N–H and O–H groups in total. The van der Waals surface area contributed by atoms with Crippen molar-refractivity contribution in [2.24, 2.45) is 5.92 Å². The fraction of sp³-hybridized carbons (Fsp3) is 0.625. The third kappa shape index (κ3) is 4.97. The van der Waals surface area contributed by atoms with Crippen LogP contribution in [0.5, 0.6) is 0 Å². The molecule has 0 atom stereocenters. The summed E-state index contributed by atoms with van der Waals surface area (Å²) in [5.41, 5.74) is 1.03. The molecular weight excluding hydrogens is 270 g/mol. The normalized spacial score (nSPS) is 17.6. The predicted octanol–water partition coefficient (Wildman–Crippen LogP) is 3.03. The first-order valence-corrected chi connectivity index (χ1v) is 7.96. The van der Waals surface area contributed by atoms with E-state index in [9.17, 15) is 0 Å². The molecule has 2 rings (SSSR count). The van der Waals surface area contributed by atoms with E-state index >= 15 is 0 Å². The standard InChI is InChI=1S/C16H26ClN3/c1-14(2)13-20-11-9-19(10-12-20)8-7-18-16-6-4-3-5-15(16)17/h3-6,14,18H,7-13H2,1-2H3. The molecule has 20 heavy (non-hydrogen) atoms. The van der Waals surface area contributed by atoms with E-state index in [1.807, 2.05) is 24.3 Å². The summed E-state index contributed by atoms with van der Waals surface area (Å²) in [6.07, 6.45) is 0. The predicted molar refractivity (Wildman–Crippen MR) is 87.7 cm³/mol. The molecule has 0 spiro atoms. The maximum absolute atomic E-state index is 6.13. The smallest absolute Gasteiger partial charge is 0.0637 e. The first kappa shape index (κ1) is 15.6. The number of benzene rings is 1. The molecule has 1 aliphatic heterocycles. The molecule has 0 saturated carbocycles. The van der Waals surface area contributed by atoms with Gasteiger partial charge in [-0.15, -0.1) is 0 Å². The SMILES string of the molecule is CC(C)CN1CCN(CCNc2ccccc2Cl)CC1. The van der Waals surface area contributed by atoms with Crippen molar-refractivity contribution in [2.75, 3.05) is 51.1 Å². The van der Waals surface area contributed by atoms with Gasteiger partial charge in [-0.2, -0.15) is 0 Å². The van der Waals surface area contributed by atoms with Gasteiger partial charge in [-0.25, -0.2) is 0 Å². The summed E-state index contributed by atoms with van der Waals surface area (Å²) < 4.78 is 0. The average molecular weight is 296 g/mol. The molecule has 1 heterocycles. The van der Waals surface area contributed by atoms with E-state index in [0.29, 0.717) is 0 Å². The Hall–Kier alpha value is -0.770. The van der Waals surface area contributed by atoms with Crippen molar-refractivity contribution in [2.45, 2.75) is 13.8 Å². The molecule has 1 saturated heterocycles. The highest BCUT2D eigenvalue weighted by Crippen LogP contribution is 2.19. The molecule has 1 aromatic rings. The molecular formula is C16H26ClN3. The van der Waals surface area contributed by atoms with Gasteiger partial charge >= 0.3 is 0 Å². The van der Waals surface area contributed by atoms with Gasteiger partial charge in [0.05, 0.1) is 10.7 Å². The fourth-order valence-electron chi connectivity index (χ4n) is 2.67. The molecule has 3 nitrogen and oxygen atoms in total. The zero-order chi connectivity index (χ0) is 14.4. The van der Waals surface area contributed by atoms with E-state index in [-0.39, 0.29) is 0 Å². The van der Waals surface area contributed by atoms with Crippen molar-refractivity contribution in [3.63, 3.8) is 0 Å². The van der Waals surface area contributed by atoms with E-state index < -0.39 is 0 Å². The third-order valence-corrected chi connectivity index (χ3v) is 4.04. The molecule has 4 heteroatoms. The molecule has 0 amide bonds. The van der Waals surface area contributed by atoms with Crippen LogP contribution < -0.4 is 5.32 Å². The molecule has 1 aromatic carbocycles. The highest BCUT2D eigenvalue weighted by Gasteiger charge is 2.16. The van der Waals surface area contributed by atoms with Crippen LogP contribution in [0.25, 0.3) is 0 Å². The Morgan fingerprint density at radius 2 is 1.75 bits per heavy atom. The van der Waals surface area contributed by atoms with Gasteiger partial charge in [-0.05, 0) is 18.1 Å². The summed E-state index contributed by atoms with van der Waals surface area (Å²) >= 11 is 6.13. The summed E-state index contributed by atoms with van der Waals surface area (Å²) in [4.78, 5) is 5.10. The maximum atomic E-state index is 6.13. The Morgan fingerprint density at radius 1 is 1.10 bits per heavy atom. The molecule has 1 aliphatic rings. The Morgan fingerprint density at radius 3 is 2.40 bits per heavy atom. The quantitative estimate of drug-likeness (QED) is 0.870. The topological polar surface area (TPSA) is 18.5 Å². The fourth-order valence-corrected chi connectivity index (χ4v) is 2.87. The van der Waals surface area contributed by atoms with Crippen LogP contribution in [0.2, 0.25) is 5.02 Å². The maximum Gasteiger partial charge on any atom is 0.0637 e. The van der Waals surface area contributed by atoms with Crippen molar-refractivity contribution >= 4 is 17.3 Å². The molecule has 0 unspecified atom stereocenters. The number of nitrogens with zero attached hydrogens (tertiary/aromatic N) is 2. The Bertz CT molecular complexity index is 400. The molecule has 1 fully saturated rings. The van der Waals surface area contributed by atoms with Crippen LogP contribution >= 0.6 is 11.6 Å². The first-order chi connectivity index (χ1) is 9.65. The Labute approximate surface area is 127 Å². The number of piperazine rings is 1. The lowest BCUT2D eigenvalue weighted by Gasteiger charge is -2.35. The largest absolute Gasteiger partial charge is 0.383 e. The van der Waals surface area contributed by atoms with Crippen molar-refractivity contribution in [3.05, 3.63) is 29.3 Å². The summed E-state index contributed by atoms with van der Waals surface area (Å²) in [5.74, 6) is 0.767. The highest BCUT2D eigenvalue weighted by molar-refractivity contribution is 6.33. The van der Waals surface area contributed by atoms with Gasteiger partial charge in [0.25, 0.3) is 0 Å². The van der Waals surface area contributed by atoms with Crippen molar-refractivity contribution in [3.8, 4) is 0 Å². The first-order valence-electron chi connectivity index (χ1n) is 7.58. The number of halogens is 1. The van der Waals surface area contributed by atoms with Gasteiger partial charge in [0.2, 0.25) is 0 Å². The Balaban J connectivity index is 1.65. The monoisotopic (exact) mass is 295 g/mol. The summed E-state index contributed by atoms with van der Waals surface area (Å²) in [6, 6.07) is 7.93. The second-order valence-electron chi connectivity index (χ2n) is 5.94. The van der Waals surface area contributed by atoms with Crippen molar-refractivity contribution in [1.29, 1.82) is 0 Å². The molecule has 112 valence electrons. The van der Waals surface area contributed by atoms with Crippen LogP contribution in [0.4, 0.5) is 5.69 Å². The average Bonchev–Trinajstić information content (AvgIpc) is 2.42. The minimum Gasteiger partial charge on any atom is -0.383 e. The molecule has 0 aliphatic carbocycles. The zero-order valence-electron chi connectivity index (χ0n) is 12.6. The van der Waals surface area contributed by atoms with Gasteiger partial charge in [0.1, 0.15) is 0 Å². The second-order valence-corrected chi connectivity index (χ2v) is 6.35. The third-order valence-electron chi connectivity index (χ3n) is 3.71. The number of rotatable bonds is 6. The number of para-hydroxylation sites is 1. The molecule has 0 aromatic heterocycles. The van der Waals surface area contributed by atoms with Crippen LogP contribution in [0.1, 0.15) is 13.8 Å². The molecule has 0 radical (unpaired) electrons. The lowest BCUT2D eigenvalue weighted by molar-refractivity contribution is 0.125. The number of nitrogens with one attached hydrogen (secondary N) is 1. The van der Waals surface area contributed by atoms with Crippen LogP contribution in [-0.4, -0.2) is 55.6 Å². The lowest BCUT2D eigenvalue weighted by Crippen LogP contribution is -2.48. The lowest BCUT2D eigenvalue weighted by atomic mass is 10.2. The summed E-state index contributed by atoms with van der Waals surface area (Å²) in [7, 11) is 0. The van der Waals surface area contributed by atoms with Crippen LogP contribution in [0.3, 0.4) is 0 Å². The van der Waals surface area contributed by atoms with Crippen molar-refractivity contribution < 1.29 is 0 Å². The summed E-state index contributed by atoms with van der Waals surface area (Å²) in [6.45, 7) is 12.6. The van der Waals surface area contributed by atoms with Crippen LogP contribution in [-0.2, 0) is 0 Å². The Kier molecular flexibility index (Phi) is 6.14. The zero-order valence-corrected chi connectivity index (χ0v) is 13.4. The number of hydrogen-bond donors (Lipinski definition) is 1. The minimum absolute atomic E-state index is 0.767. The van der Waals surface area contributed by atoms with E-state index in [4.69, 9.17) is 11.6 Å². The summed E-state index contributed by atoms with van der Waals surface area (Å²) in [5, 5.41) is 4.22. The van der Waals surface area contributed by atoms with Gasteiger partial charge in [-0.1, -0.05) is 37.6 Å². The van der Waals surface area contributed by atoms with Gasteiger partial charge in [0, 0.05) is 45.8 Å². The second kappa shape index (κ2) is 7.87. The van der Waals surface area contributed by atoms with Crippen LogP contribution in [0, 0.1) is 5.92 Å². The van der Waals surface area contributed by atoms with Crippen molar-refractivity contribution in [1.82, 2.24) is 9.80 Å². The van der Waals surface area contributed by atoms with E-state index in [1.165, 1.54) is 32.7 Å². The number of anilines is 1. The van der Waals surface area contributed by atoms with Gasteiger partial charge < -0.3 is 10.2 Å². The van der Waals surface area contributed by atoms with E-state index in [2.05, 4.69) is 29.0 Å². The molecule has 0 bridgehead atoms. The number of hydrogen-bond acceptors (Lipinski definition) is 3. The highest BCUT2D eigenvalue weighted by atomic mass is 35.5. The van der Waals surface area contributed by atoms with E-state index in [0.717, 1.165) is 29.7 Å². The van der Waals surface area contributed by atoms with Gasteiger partial charge in [0.15, 0.2) is 0 Å². The minimum atomic E-state index is 0.767. The van der Waals surface area contributed by atoms with Gasteiger partial charge in [-0.3, -0.25) is 4.90 Å². The van der Waals surface area contributed by atoms with E-state index in [1.54, 1.807) is 0 Å². The van der Waals surface area contributed by atoms with Crippen LogP contribution in [0.15, 0.2) is 24.3 Å².